The molecule has 0 saturated carbocycles. The van der Waals surface area contributed by atoms with E-state index in [0.29, 0.717) is 5.56 Å². The highest BCUT2D eigenvalue weighted by atomic mass is 19.4. The largest absolute Gasteiger partial charge is 0.466 e. The molecule has 0 aromatic heterocycles. The quantitative estimate of drug-likeness (QED) is 0.794. The fourth-order valence-corrected chi connectivity index (χ4v) is 1.81. The van der Waals surface area contributed by atoms with Gasteiger partial charge in [-0.15, -0.1) is 0 Å². The maximum atomic E-state index is 12.8. The normalized spacial score (nSPS) is 10.9. The van der Waals surface area contributed by atoms with Crippen LogP contribution in [-0.2, 0) is 22.1 Å². The number of benzene rings is 1. The zero-order chi connectivity index (χ0) is 14.6. The number of ether oxygens (including phenoxy) is 1. The van der Waals surface area contributed by atoms with E-state index in [1.165, 1.54) is 19.1 Å². The number of halogens is 3. The molecule has 19 heavy (non-hydrogen) atoms. The van der Waals surface area contributed by atoms with Gasteiger partial charge in [-0.2, -0.15) is 18.4 Å². The van der Waals surface area contributed by atoms with Crippen molar-refractivity contribution in [3.05, 3.63) is 34.4 Å². The van der Waals surface area contributed by atoms with Crippen molar-refractivity contribution in [2.24, 2.45) is 0 Å². The number of esters is 1. The van der Waals surface area contributed by atoms with Crippen molar-refractivity contribution < 1.29 is 22.7 Å². The van der Waals surface area contributed by atoms with Gasteiger partial charge in [0.25, 0.3) is 0 Å². The van der Waals surface area contributed by atoms with Crippen LogP contribution in [0.5, 0.6) is 0 Å². The first-order valence-corrected chi connectivity index (χ1v) is 5.56. The van der Waals surface area contributed by atoms with Crippen molar-refractivity contribution in [1.82, 2.24) is 0 Å². The van der Waals surface area contributed by atoms with Gasteiger partial charge in [-0.3, -0.25) is 4.79 Å². The van der Waals surface area contributed by atoms with Gasteiger partial charge < -0.3 is 4.74 Å². The number of nitrogens with zero attached hydrogens (tertiary/aromatic N) is 1. The molecule has 0 aliphatic rings. The Bertz CT molecular complexity index is 530. The van der Waals surface area contributed by atoms with Crippen molar-refractivity contribution in [2.75, 3.05) is 6.61 Å². The summed E-state index contributed by atoms with van der Waals surface area (Å²) >= 11 is 0. The Labute approximate surface area is 108 Å². The van der Waals surface area contributed by atoms with E-state index in [-0.39, 0.29) is 18.6 Å². The second kappa shape index (κ2) is 5.74. The fourth-order valence-electron chi connectivity index (χ4n) is 1.81. The van der Waals surface area contributed by atoms with Crippen LogP contribution in [0.25, 0.3) is 0 Å². The van der Waals surface area contributed by atoms with Gasteiger partial charge in [0.05, 0.1) is 30.2 Å². The number of nitriles is 1. The molecule has 102 valence electrons. The smallest absolute Gasteiger partial charge is 0.417 e. The number of hydrogen-bond acceptors (Lipinski definition) is 3. The third kappa shape index (κ3) is 3.71. The maximum Gasteiger partial charge on any atom is 0.417 e. The van der Waals surface area contributed by atoms with E-state index in [1.807, 2.05) is 0 Å². The predicted molar refractivity (Wildman–Crippen MR) is 61.2 cm³/mol. The summed E-state index contributed by atoms with van der Waals surface area (Å²) in [5, 5.41) is 8.80. The minimum absolute atomic E-state index is 0.0779. The first kappa shape index (κ1) is 15.0. The molecule has 0 heterocycles. The standard InChI is InChI=1S/C13H12F3NO2/c1-3-19-11(18)6-9-4-8(2)12(13(14,15)16)10(5-9)7-17/h4-5H,3,6H2,1-2H3. The fraction of sp³-hybridized carbons (Fsp3) is 0.385. The summed E-state index contributed by atoms with van der Waals surface area (Å²) in [5.41, 5.74) is -1.18. The van der Waals surface area contributed by atoms with Gasteiger partial charge >= 0.3 is 12.1 Å². The number of hydrogen-bond donors (Lipinski definition) is 0. The molecule has 0 radical (unpaired) electrons. The molecule has 0 amide bonds. The van der Waals surface area contributed by atoms with Crippen molar-refractivity contribution in [3.8, 4) is 6.07 Å². The van der Waals surface area contributed by atoms with Gasteiger partial charge in [0, 0.05) is 0 Å². The van der Waals surface area contributed by atoms with Gasteiger partial charge in [0.1, 0.15) is 0 Å². The molecule has 0 unspecified atom stereocenters. The summed E-state index contributed by atoms with van der Waals surface area (Å²) in [6.07, 6.45) is -4.74. The lowest BCUT2D eigenvalue weighted by molar-refractivity contribution is -0.142. The van der Waals surface area contributed by atoms with Crippen LogP contribution in [-0.4, -0.2) is 12.6 Å². The SMILES string of the molecule is CCOC(=O)Cc1cc(C)c(C(F)(F)F)c(C#N)c1. The molecule has 0 aliphatic carbocycles. The molecule has 3 nitrogen and oxygen atoms in total. The van der Waals surface area contributed by atoms with Crippen LogP contribution in [0.4, 0.5) is 13.2 Å². The second-order valence-corrected chi connectivity index (χ2v) is 3.93. The highest BCUT2D eigenvalue weighted by molar-refractivity contribution is 5.73. The van der Waals surface area contributed by atoms with E-state index in [1.54, 1.807) is 6.92 Å². The Balaban J connectivity index is 3.18. The topological polar surface area (TPSA) is 50.1 Å². The van der Waals surface area contributed by atoms with Crippen LogP contribution < -0.4 is 0 Å². The Morgan fingerprint density at radius 1 is 1.42 bits per heavy atom. The monoisotopic (exact) mass is 271 g/mol. The summed E-state index contributed by atoms with van der Waals surface area (Å²) in [6, 6.07) is 3.84. The van der Waals surface area contributed by atoms with Crippen LogP contribution in [0, 0.1) is 18.3 Å². The molecule has 0 aliphatic heterocycles. The summed E-state index contributed by atoms with van der Waals surface area (Å²) in [7, 11) is 0. The number of carbonyl (C=O) groups is 1. The Hall–Kier alpha value is -2.03. The molecule has 6 heteroatoms. The van der Waals surface area contributed by atoms with E-state index in [4.69, 9.17) is 10.00 Å². The molecule has 1 aromatic carbocycles. The molecule has 0 atom stereocenters. The number of alkyl halides is 3. The van der Waals surface area contributed by atoms with Crippen molar-refractivity contribution >= 4 is 5.97 Å². The number of carbonyl (C=O) groups excluding carboxylic acids is 1. The first-order valence-electron chi connectivity index (χ1n) is 5.56. The van der Waals surface area contributed by atoms with Gasteiger partial charge in [0.15, 0.2) is 0 Å². The minimum Gasteiger partial charge on any atom is -0.466 e. The number of rotatable bonds is 3. The lowest BCUT2D eigenvalue weighted by atomic mass is 9.97. The summed E-state index contributed by atoms with van der Waals surface area (Å²) in [5.74, 6) is -0.537. The van der Waals surface area contributed by atoms with Gasteiger partial charge in [-0.05, 0) is 31.0 Å². The van der Waals surface area contributed by atoms with E-state index < -0.39 is 23.3 Å². The molecule has 1 aromatic rings. The van der Waals surface area contributed by atoms with Crippen LogP contribution in [0.2, 0.25) is 0 Å². The summed E-state index contributed by atoms with van der Waals surface area (Å²) < 4.78 is 43.0. The summed E-state index contributed by atoms with van der Waals surface area (Å²) in [6.45, 7) is 3.10. The van der Waals surface area contributed by atoms with E-state index in [9.17, 15) is 18.0 Å². The second-order valence-electron chi connectivity index (χ2n) is 3.93. The van der Waals surface area contributed by atoms with Crippen molar-refractivity contribution in [1.29, 1.82) is 5.26 Å². The van der Waals surface area contributed by atoms with Crippen molar-refractivity contribution in [3.63, 3.8) is 0 Å². The van der Waals surface area contributed by atoms with Crippen LogP contribution in [0.15, 0.2) is 12.1 Å². The Morgan fingerprint density at radius 2 is 2.05 bits per heavy atom. The zero-order valence-corrected chi connectivity index (χ0v) is 10.5. The molecule has 0 spiro atoms. The zero-order valence-electron chi connectivity index (χ0n) is 10.5. The molecular formula is C13H12F3NO2. The van der Waals surface area contributed by atoms with E-state index >= 15 is 0 Å². The molecule has 1 rings (SSSR count). The summed E-state index contributed by atoms with van der Waals surface area (Å²) in [4.78, 5) is 11.3. The maximum absolute atomic E-state index is 12.8. The Morgan fingerprint density at radius 3 is 2.53 bits per heavy atom. The average Bonchev–Trinajstić information content (AvgIpc) is 2.26. The van der Waals surface area contributed by atoms with Gasteiger partial charge in [0.2, 0.25) is 0 Å². The van der Waals surface area contributed by atoms with Crippen LogP contribution in [0.1, 0.15) is 29.2 Å². The van der Waals surface area contributed by atoms with E-state index in [0.717, 1.165) is 6.07 Å². The number of aryl methyl sites for hydroxylation is 1. The molecule has 0 N–H and O–H groups in total. The molecule has 0 saturated heterocycles. The highest BCUT2D eigenvalue weighted by Crippen LogP contribution is 2.35. The van der Waals surface area contributed by atoms with Gasteiger partial charge in [-0.25, -0.2) is 0 Å². The van der Waals surface area contributed by atoms with Crippen LogP contribution >= 0.6 is 0 Å². The third-order valence-electron chi connectivity index (χ3n) is 2.45. The molecule has 0 bridgehead atoms. The molecule has 0 fully saturated rings. The van der Waals surface area contributed by atoms with Gasteiger partial charge in [-0.1, -0.05) is 6.07 Å². The lowest BCUT2D eigenvalue weighted by Crippen LogP contribution is -2.13. The van der Waals surface area contributed by atoms with Crippen LogP contribution in [0.3, 0.4) is 0 Å². The average molecular weight is 271 g/mol. The van der Waals surface area contributed by atoms with Crippen molar-refractivity contribution in [2.45, 2.75) is 26.4 Å². The van der Waals surface area contributed by atoms with E-state index in [2.05, 4.69) is 0 Å². The first-order chi connectivity index (χ1) is 8.79. The predicted octanol–water partition coefficient (Wildman–Crippen LogP) is 2.99. The Kier molecular flexibility index (Phi) is 4.54. The molecular weight excluding hydrogens is 259 g/mol. The lowest BCUT2D eigenvalue weighted by Gasteiger charge is -2.13. The highest BCUT2D eigenvalue weighted by Gasteiger charge is 2.35. The minimum atomic E-state index is -4.59. The third-order valence-corrected chi connectivity index (χ3v) is 2.45.